The van der Waals surface area contributed by atoms with Gasteiger partial charge in [0.25, 0.3) is 0 Å². The van der Waals surface area contributed by atoms with Crippen LogP contribution in [0.25, 0.3) is 11.0 Å². The summed E-state index contributed by atoms with van der Waals surface area (Å²) in [6, 6.07) is 13.6. The SMILES string of the molecule is CC(C(=O)N1CCN(c2ccccn2)CC1)n1cnc2ccccc21. The van der Waals surface area contributed by atoms with E-state index < -0.39 is 0 Å². The number of amides is 1. The Kier molecular flexibility index (Phi) is 4.09. The molecule has 0 bridgehead atoms. The van der Waals surface area contributed by atoms with Crippen LogP contribution in [0.5, 0.6) is 0 Å². The van der Waals surface area contributed by atoms with Gasteiger partial charge < -0.3 is 14.4 Å². The Labute approximate surface area is 146 Å². The number of fused-ring (bicyclic) bond motifs is 1. The van der Waals surface area contributed by atoms with E-state index in [0.29, 0.717) is 13.1 Å². The van der Waals surface area contributed by atoms with Crippen molar-refractivity contribution >= 4 is 22.8 Å². The Morgan fingerprint density at radius 2 is 1.76 bits per heavy atom. The number of hydrogen-bond acceptors (Lipinski definition) is 4. The van der Waals surface area contributed by atoms with Gasteiger partial charge in [0.15, 0.2) is 0 Å². The number of carbonyl (C=O) groups is 1. The minimum Gasteiger partial charge on any atom is -0.353 e. The molecule has 1 unspecified atom stereocenters. The number of para-hydroxylation sites is 2. The molecule has 1 amide bonds. The molecule has 1 atom stereocenters. The lowest BCUT2D eigenvalue weighted by molar-refractivity contribution is -0.134. The summed E-state index contributed by atoms with van der Waals surface area (Å²) in [6.07, 6.45) is 3.57. The van der Waals surface area contributed by atoms with Crippen LogP contribution in [0.1, 0.15) is 13.0 Å². The van der Waals surface area contributed by atoms with Crippen molar-refractivity contribution in [1.82, 2.24) is 19.4 Å². The second kappa shape index (κ2) is 6.55. The third-order valence-corrected chi connectivity index (χ3v) is 4.82. The zero-order valence-corrected chi connectivity index (χ0v) is 14.2. The van der Waals surface area contributed by atoms with Crippen LogP contribution in [0.15, 0.2) is 55.0 Å². The van der Waals surface area contributed by atoms with Crippen molar-refractivity contribution < 1.29 is 4.79 Å². The van der Waals surface area contributed by atoms with Crippen molar-refractivity contribution in [2.24, 2.45) is 0 Å². The van der Waals surface area contributed by atoms with Crippen LogP contribution in [-0.2, 0) is 4.79 Å². The van der Waals surface area contributed by atoms with E-state index in [2.05, 4.69) is 14.9 Å². The standard InChI is InChI=1S/C19H21N5O/c1-15(24-14-21-16-6-2-3-7-17(16)24)19(25)23-12-10-22(11-13-23)18-8-4-5-9-20-18/h2-9,14-15H,10-13H2,1H3. The summed E-state index contributed by atoms with van der Waals surface area (Å²) in [5.41, 5.74) is 1.91. The Morgan fingerprint density at radius 1 is 1.00 bits per heavy atom. The lowest BCUT2D eigenvalue weighted by Gasteiger charge is -2.36. The highest BCUT2D eigenvalue weighted by atomic mass is 16.2. The molecule has 3 aromatic rings. The molecule has 6 heteroatoms. The van der Waals surface area contributed by atoms with Crippen molar-refractivity contribution in [3.8, 4) is 0 Å². The molecule has 4 rings (SSSR count). The van der Waals surface area contributed by atoms with E-state index in [4.69, 9.17) is 0 Å². The summed E-state index contributed by atoms with van der Waals surface area (Å²) in [4.78, 5) is 25.9. The number of rotatable bonds is 3. The maximum absolute atomic E-state index is 12.9. The second-order valence-electron chi connectivity index (χ2n) is 6.32. The number of carbonyl (C=O) groups excluding carboxylic acids is 1. The Bertz CT molecular complexity index is 868. The summed E-state index contributed by atoms with van der Waals surface area (Å²) in [6.45, 7) is 4.99. The smallest absolute Gasteiger partial charge is 0.245 e. The van der Waals surface area contributed by atoms with Crippen LogP contribution >= 0.6 is 0 Å². The minimum absolute atomic E-state index is 0.142. The molecule has 1 fully saturated rings. The zero-order valence-electron chi connectivity index (χ0n) is 14.2. The highest BCUT2D eigenvalue weighted by Gasteiger charge is 2.26. The first kappa shape index (κ1) is 15.6. The fourth-order valence-electron chi connectivity index (χ4n) is 3.37. The number of nitrogens with zero attached hydrogens (tertiary/aromatic N) is 5. The van der Waals surface area contributed by atoms with Crippen molar-refractivity contribution in [2.45, 2.75) is 13.0 Å². The summed E-state index contributed by atoms with van der Waals surface area (Å²) < 4.78 is 1.96. The van der Waals surface area contributed by atoms with E-state index in [1.165, 1.54) is 0 Å². The van der Waals surface area contributed by atoms with Gasteiger partial charge in [-0.1, -0.05) is 18.2 Å². The number of anilines is 1. The van der Waals surface area contributed by atoms with Crippen LogP contribution in [0.4, 0.5) is 5.82 Å². The molecule has 0 aliphatic carbocycles. The molecule has 1 aliphatic rings. The Hall–Kier alpha value is -2.89. The van der Waals surface area contributed by atoms with E-state index in [1.54, 1.807) is 12.5 Å². The quantitative estimate of drug-likeness (QED) is 0.737. The number of imidazole rings is 1. The van der Waals surface area contributed by atoms with Crippen molar-refractivity contribution in [3.63, 3.8) is 0 Å². The Balaban J connectivity index is 1.45. The number of benzene rings is 1. The lowest BCUT2D eigenvalue weighted by Crippen LogP contribution is -2.50. The van der Waals surface area contributed by atoms with E-state index >= 15 is 0 Å². The molecule has 3 heterocycles. The third-order valence-electron chi connectivity index (χ3n) is 4.82. The molecule has 6 nitrogen and oxygen atoms in total. The normalized spacial score (nSPS) is 16.2. The minimum atomic E-state index is -0.256. The van der Waals surface area contributed by atoms with E-state index in [9.17, 15) is 4.79 Å². The lowest BCUT2D eigenvalue weighted by atomic mass is 10.2. The van der Waals surface area contributed by atoms with E-state index in [1.807, 2.05) is 58.9 Å². The van der Waals surface area contributed by atoms with Gasteiger partial charge in [-0.05, 0) is 31.2 Å². The average molecular weight is 335 g/mol. The second-order valence-corrected chi connectivity index (χ2v) is 6.32. The first-order chi connectivity index (χ1) is 12.2. The largest absolute Gasteiger partial charge is 0.353 e. The fraction of sp³-hybridized carbons (Fsp3) is 0.316. The van der Waals surface area contributed by atoms with Gasteiger partial charge in [0.1, 0.15) is 11.9 Å². The Morgan fingerprint density at radius 3 is 2.52 bits per heavy atom. The first-order valence-electron chi connectivity index (χ1n) is 8.60. The van der Waals surface area contributed by atoms with Gasteiger partial charge in [0, 0.05) is 32.4 Å². The fourth-order valence-corrected chi connectivity index (χ4v) is 3.37. The van der Waals surface area contributed by atoms with E-state index in [-0.39, 0.29) is 11.9 Å². The molecule has 1 aliphatic heterocycles. The van der Waals surface area contributed by atoms with Gasteiger partial charge in [-0.2, -0.15) is 0 Å². The van der Waals surface area contributed by atoms with Crippen LogP contribution in [0.2, 0.25) is 0 Å². The third kappa shape index (κ3) is 2.95. The zero-order chi connectivity index (χ0) is 17.2. The maximum atomic E-state index is 12.9. The van der Waals surface area contributed by atoms with E-state index in [0.717, 1.165) is 29.9 Å². The highest BCUT2D eigenvalue weighted by molar-refractivity contribution is 5.83. The molecular weight excluding hydrogens is 314 g/mol. The topological polar surface area (TPSA) is 54.3 Å². The number of aromatic nitrogens is 3. The van der Waals surface area contributed by atoms with Gasteiger partial charge in [-0.25, -0.2) is 9.97 Å². The molecular formula is C19H21N5O. The monoisotopic (exact) mass is 335 g/mol. The van der Waals surface area contributed by atoms with Gasteiger partial charge >= 0.3 is 0 Å². The first-order valence-corrected chi connectivity index (χ1v) is 8.60. The number of pyridine rings is 1. The van der Waals surface area contributed by atoms with Gasteiger partial charge in [-0.3, -0.25) is 4.79 Å². The molecule has 0 radical (unpaired) electrons. The molecule has 128 valence electrons. The highest BCUT2D eigenvalue weighted by Crippen LogP contribution is 2.20. The summed E-state index contributed by atoms with van der Waals surface area (Å²) >= 11 is 0. The van der Waals surface area contributed by atoms with Crippen LogP contribution in [0, 0.1) is 0 Å². The van der Waals surface area contributed by atoms with Gasteiger partial charge in [0.05, 0.1) is 17.4 Å². The van der Waals surface area contributed by atoms with Crippen LogP contribution < -0.4 is 4.90 Å². The predicted octanol–water partition coefficient (Wildman–Crippen LogP) is 2.34. The molecule has 25 heavy (non-hydrogen) atoms. The number of piperazine rings is 1. The maximum Gasteiger partial charge on any atom is 0.245 e. The molecule has 2 aromatic heterocycles. The van der Waals surface area contributed by atoms with Gasteiger partial charge in [-0.15, -0.1) is 0 Å². The van der Waals surface area contributed by atoms with Crippen LogP contribution in [-0.4, -0.2) is 51.5 Å². The van der Waals surface area contributed by atoms with Crippen molar-refractivity contribution in [3.05, 3.63) is 55.0 Å². The molecule has 0 N–H and O–H groups in total. The molecule has 0 spiro atoms. The summed E-state index contributed by atoms with van der Waals surface area (Å²) in [5.74, 6) is 1.12. The van der Waals surface area contributed by atoms with Crippen molar-refractivity contribution in [1.29, 1.82) is 0 Å². The molecule has 1 aromatic carbocycles. The molecule has 0 saturated carbocycles. The summed E-state index contributed by atoms with van der Waals surface area (Å²) in [7, 11) is 0. The van der Waals surface area contributed by atoms with Crippen LogP contribution in [0.3, 0.4) is 0 Å². The summed E-state index contributed by atoms with van der Waals surface area (Å²) in [5, 5.41) is 0. The average Bonchev–Trinajstić information content (AvgIpc) is 3.12. The molecule has 1 saturated heterocycles. The van der Waals surface area contributed by atoms with Crippen molar-refractivity contribution in [2.75, 3.05) is 31.1 Å². The predicted molar refractivity (Wildman–Crippen MR) is 97.5 cm³/mol. The number of hydrogen-bond donors (Lipinski definition) is 0. The van der Waals surface area contributed by atoms with Gasteiger partial charge in [0.2, 0.25) is 5.91 Å².